The smallest absolute Gasteiger partial charge is 0.377 e. The van der Waals surface area contributed by atoms with Gasteiger partial charge in [0.15, 0.2) is 0 Å². The van der Waals surface area contributed by atoms with Gasteiger partial charge in [-0.1, -0.05) is 104 Å². The summed E-state index contributed by atoms with van der Waals surface area (Å²) in [5.41, 5.74) is 6.60. The lowest BCUT2D eigenvalue weighted by Crippen LogP contribution is -2.55. The Kier molecular flexibility index (Phi) is 26.5. The SMILES string of the molecule is CCCCCCCCCCCCCCCC(C(CCC)C(C)(C)N)[Si](OC)(OC)OC.Cl.[SiH4]. The van der Waals surface area contributed by atoms with E-state index in [2.05, 4.69) is 27.7 Å². The Balaban J connectivity index is -0.00000450. The molecule has 0 aromatic rings. The van der Waals surface area contributed by atoms with Crippen LogP contribution in [0, 0.1) is 5.92 Å². The molecule has 0 aliphatic heterocycles. The second-order valence-electron chi connectivity index (χ2n) is 10.1. The van der Waals surface area contributed by atoms with Crippen LogP contribution in [0.2, 0.25) is 5.54 Å². The normalized spacial score (nSPS) is 13.8. The average molecular weight is 528 g/mol. The van der Waals surface area contributed by atoms with Crippen LogP contribution in [0.1, 0.15) is 130 Å². The van der Waals surface area contributed by atoms with Crippen LogP contribution in [0.15, 0.2) is 0 Å². The lowest BCUT2D eigenvalue weighted by atomic mass is 9.80. The molecule has 0 heterocycles. The summed E-state index contributed by atoms with van der Waals surface area (Å²) in [5, 5.41) is 0. The zero-order valence-corrected chi connectivity index (χ0v) is 24.5. The van der Waals surface area contributed by atoms with E-state index < -0.39 is 8.80 Å². The molecular weight excluding hydrogens is 466 g/mol. The zero-order valence-electron chi connectivity index (χ0n) is 22.7. The molecule has 2 unspecified atom stereocenters. The van der Waals surface area contributed by atoms with Crippen molar-refractivity contribution in [3.05, 3.63) is 0 Å². The van der Waals surface area contributed by atoms with E-state index in [0.29, 0.717) is 5.92 Å². The number of hydrogen-bond donors (Lipinski definition) is 1. The summed E-state index contributed by atoms with van der Waals surface area (Å²) < 4.78 is 17.8. The molecule has 0 amide bonds. The van der Waals surface area contributed by atoms with Crippen LogP contribution in [0.5, 0.6) is 0 Å². The molecule has 0 aromatic carbocycles. The molecule has 0 aromatic heterocycles. The summed E-state index contributed by atoms with van der Waals surface area (Å²) in [4.78, 5) is 0. The Bertz CT molecular complexity index is 399. The molecule has 2 N–H and O–H groups in total. The predicted molar refractivity (Wildman–Crippen MR) is 156 cm³/mol. The number of nitrogens with two attached hydrogens (primary N) is 1. The van der Waals surface area contributed by atoms with Crippen molar-refractivity contribution < 1.29 is 13.3 Å². The van der Waals surface area contributed by atoms with Crippen molar-refractivity contribution in [3.8, 4) is 0 Å². The number of unbranched alkanes of at least 4 members (excludes halogenated alkanes) is 12. The van der Waals surface area contributed by atoms with E-state index in [0.717, 1.165) is 19.3 Å². The second-order valence-corrected chi connectivity index (χ2v) is 13.2. The predicted octanol–water partition coefficient (Wildman–Crippen LogP) is 6.84. The third-order valence-corrected chi connectivity index (χ3v) is 10.3. The molecule has 0 aliphatic rings. The molecule has 0 fully saturated rings. The molecule has 204 valence electrons. The summed E-state index contributed by atoms with van der Waals surface area (Å²) in [7, 11) is 2.48. The maximum atomic E-state index is 6.63. The van der Waals surface area contributed by atoms with Gasteiger partial charge in [-0.3, -0.25) is 0 Å². The zero-order chi connectivity index (χ0) is 23.6. The number of rotatable bonds is 22. The highest BCUT2D eigenvalue weighted by atomic mass is 35.5. The van der Waals surface area contributed by atoms with Gasteiger partial charge >= 0.3 is 8.80 Å². The van der Waals surface area contributed by atoms with Gasteiger partial charge in [0, 0.05) is 32.4 Å². The van der Waals surface area contributed by atoms with E-state index in [-0.39, 0.29) is 34.5 Å². The van der Waals surface area contributed by atoms with Crippen LogP contribution >= 0.6 is 12.4 Å². The molecule has 7 heteroatoms. The molecule has 0 spiro atoms. The molecule has 0 bridgehead atoms. The Hall–Kier alpha value is 0.564. The first-order valence-electron chi connectivity index (χ1n) is 13.3. The van der Waals surface area contributed by atoms with Gasteiger partial charge in [-0.05, 0) is 43.6 Å². The van der Waals surface area contributed by atoms with E-state index in [4.69, 9.17) is 19.0 Å². The maximum absolute atomic E-state index is 6.63. The molecule has 0 saturated heterocycles. The van der Waals surface area contributed by atoms with Crippen LogP contribution in [0.4, 0.5) is 0 Å². The van der Waals surface area contributed by atoms with Gasteiger partial charge in [-0.25, -0.2) is 0 Å². The van der Waals surface area contributed by atoms with Crippen LogP contribution in [0.25, 0.3) is 0 Å². The standard InChI is InChI=1S/C26H57NO3Si.ClH.H4Si/c1-8-10-11-12-13-14-15-16-17-18-19-20-21-23-25(31(28-5,29-6)30-7)24(22-9-2)26(3,4)27;;/h24-25H,8-23,27H2,1-7H3;1H;1H4. The van der Waals surface area contributed by atoms with Crippen molar-refractivity contribution in [3.63, 3.8) is 0 Å². The molecule has 0 aliphatic carbocycles. The van der Waals surface area contributed by atoms with Crippen molar-refractivity contribution in [2.75, 3.05) is 21.3 Å². The first-order chi connectivity index (χ1) is 14.8. The minimum absolute atomic E-state index is 0. The Morgan fingerprint density at radius 3 is 1.30 bits per heavy atom. The highest BCUT2D eigenvalue weighted by molar-refractivity contribution is 6.62. The largest absolute Gasteiger partial charge is 0.503 e. The summed E-state index contributed by atoms with van der Waals surface area (Å²) in [5.74, 6) is 0.335. The Morgan fingerprint density at radius 1 is 0.636 bits per heavy atom. The van der Waals surface area contributed by atoms with Gasteiger partial charge in [0.2, 0.25) is 0 Å². The lowest BCUT2D eigenvalue weighted by Gasteiger charge is -2.43. The van der Waals surface area contributed by atoms with Gasteiger partial charge in [-0.2, -0.15) is 0 Å². The van der Waals surface area contributed by atoms with E-state index in [1.54, 1.807) is 21.3 Å². The van der Waals surface area contributed by atoms with Gasteiger partial charge in [0.25, 0.3) is 0 Å². The molecule has 0 radical (unpaired) electrons. The quantitative estimate of drug-likeness (QED) is 0.124. The fourth-order valence-corrected chi connectivity index (χ4v) is 8.17. The average Bonchev–Trinajstić information content (AvgIpc) is 2.74. The lowest BCUT2D eigenvalue weighted by molar-refractivity contribution is 0.0869. The number of halogens is 1. The summed E-state index contributed by atoms with van der Waals surface area (Å²) in [6.07, 6.45) is 21.1. The minimum Gasteiger partial charge on any atom is -0.377 e. The van der Waals surface area contributed by atoms with E-state index >= 15 is 0 Å². The summed E-state index contributed by atoms with van der Waals surface area (Å²) in [6, 6.07) is 0. The van der Waals surface area contributed by atoms with Crippen LogP contribution in [-0.2, 0) is 13.3 Å². The van der Waals surface area contributed by atoms with Crippen LogP contribution in [0.3, 0.4) is 0 Å². The van der Waals surface area contributed by atoms with Crippen molar-refractivity contribution in [2.24, 2.45) is 11.7 Å². The first-order valence-corrected chi connectivity index (χ1v) is 15.1. The third kappa shape index (κ3) is 16.0. The molecule has 0 saturated carbocycles. The van der Waals surface area contributed by atoms with Crippen molar-refractivity contribution >= 4 is 32.2 Å². The van der Waals surface area contributed by atoms with Crippen molar-refractivity contribution in [1.29, 1.82) is 0 Å². The van der Waals surface area contributed by atoms with Gasteiger partial charge in [-0.15, -0.1) is 12.4 Å². The van der Waals surface area contributed by atoms with Crippen molar-refractivity contribution in [1.82, 2.24) is 0 Å². The highest BCUT2D eigenvalue weighted by Crippen LogP contribution is 2.43. The second kappa shape index (κ2) is 23.0. The Morgan fingerprint density at radius 2 is 1.00 bits per heavy atom. The monoisotopic (exact) mass is 527 g/mol. The van der Waals surface area contributed by atoms with Crippen LogP contribution < -0.4 is 5.73 Å². The molecule has 33 heavy (non-hydrogen) atoms. The van der Waals surface area contributed by atoms with Gasteiger partial charge < -0.3 is 19.0 Å². The molecule has 2 atom stereocenters. The Labute approximate surface area is 219 Å². The fourth-order valence-electron chi connectivity index (χ4n) is 5.11. The highest BCUT2D eigenvalue weighted by Gasteiger charge is 2.52. The fraction of sp³-hybridized carbons (Fsp3) is 1.00. The van der Waals surface area contributed by atoms with Gasteiger partial charge in [0.05, 0.1) is 0 Å². The molecular formula is C26H62ClNO3Si2. The third-order valence-electron chi connectivity index (χ3n) is 6.97. The van der Waals surface area contributed by atoms with E-state index in [9.17, 15) is 0 Å². The maximum Gasteiger partial charge on any atom is 0.503 e. The molecule has 0 rings (SSSR count). The van der Waals surface area contributed by atoms with E-state index in [1.807, 2.05) is 0 Å². The van der Waals surface area contributed by atoms with Crippen LogP contribution in [-0.4, -0.2) is 46.6 Å². The topological polar surface area (TPSA) is 53.7 Å². The summed E-state index contributed by atoms with van der Waals surface area (Å²) in [6.45, 7) is 8.80. The summed E-state index contributed by atoms with van der Waals surface area (Å²) >= 11 is 0. The minimum atomic E-state index is -2.74. The first kappa shape index (κ1) is 38.1. The number of hydrogen-bond acceptors (Lipinski definition) is 4. The van der Waals surface area contributed by atoms with E-state index in [1.165, 1.54) is 83.5 Å². The van der Waals surface area contributed by atoms with Crippen molar-refractivity contribution in [2.45, 2.75) is 142 Å². The van der Waals surface area contributed by atoms with Gasteiger partial charge in [0.1, 0.15) is 0 Å². The molecule has 4 nitrogen and oxygen atoms in total.